The fraction of sp³-hybridized carbons (Fsp3) is 0.467. The summed E-state index contributed by atoms with van der Waals surface area (Å²) in [6.07, 6.45) is -1.69. The van der Waals surface area contributed by atoms with E-state index >= 15 is 0 Å². The number of carbonyl (C=O) groups excluding carboxylic acids is 2. The molecule has 0 amide bonds. The van der Waals surface area contributed by atoms with E-state index in [0.29, 0.717) is 23.3 Å². The Morgan fingerprint density at radius 3 is 2.45 bits per heavy atom. The fourth-order valence-corrected chi connectivity index (χ4v) is 2.51. The SMILES string of the molecule is CC(=O)SCCC(O)C(O)c1cc(C(C)=O)ccc1C. The highest BCUT2D eigenvalue weighted by molar-refractivity contribution is 8.13. The zero-order chi connectivity index (χ0) is 15.3. The maximum Gasteiger partial charge on any atom is 0.185 e. The van der Waals surface area contributed by atoms with E-state index in [9.17, 15) is 19.8 Å². The van der Waals surface area contributed by atoms with Gasteiger partial charge in [-0.05, 0) is 37.5 Å². The number of aryl methyl sites for hydroxylation is 1. The van der Waals surface area contributed by atoms with Crippen LogP contribution in [0.25, 0.3) is 0 Å². The molecular weight excluding hydrogens is 276 g/mol. The van der Waals surface area contributed by atoms with Crippen LogP contribution >= 0.6 is 11.8 Å². The lowest BCUT2D eigenvalue weighted by Crippen LogP contribution is -2.20. The standard InChI is InChI=1S/C15H20O4S/c1-9-4-5-12(10(2)16)8-13(9)15(19)14(18)6-7-20-11(3)17/h4-5,8,14-15,18-19H,6-7H2,1-3H3. The lowest BCUT2D eigenvalue weighted by atomic mass is 9.95. The van der Waals surface area contributed by atoms with Gasteiger partial charge in [-0.15, -0.1) is 0 Å². The number of rotatable bonds is 6. The van der Waals surface area contributed by atoms with Crippen LogP contribution in [-0.2, 0) is 4.79 Å². The summed E-state index contributed by atoms with van der Waals surface area (Å²) in [5.74, 6) is 0.374. The maximum atomic E-state index is 11.4. The Kier molecular flexibility index (Phi) is 6.39. The minimum absolute atomic E-state index is 0.0125. The molecule has 0 saturated carbocycles. The summed E-state index contributed by atoms with van der Waals surface area (Å²) < 4.78 is 0. The molecule has 0 aliphatic rings. The monoisotopic (exact) mass is 296 g/mol. The van der Waals surface area contributed by atoms with Gasteiger partial charge in [0.2, 0.25) is 0 Å². The van der Waals surface area contributed by atoms with Crippen LogP contribution in [0.15, 0.2) is 18.2 Å². The van der Waals surface area contributed by atoms with Gasteiger partial charge in [0, 0.05) is 18.2 Å². The van der Waals surface area contributed by atoms with Crippen molar-refractivity contribution < 1.29 is 19.8 Å². The van der Waals surface area contributed by atoms with Gasteiger partial charge in [0.15, 0.2) is 10.9 Å². The normalized spacial score (nSPS) is 13.8. The molecule has 1 rings (SSSR count). The van der Waals surface area contributed by atoms with E-state index in [1.807, 2.05) is 6.92 Å². The van der Waals surface area contributed by atoms with Gasteiger partial charge in [-0.3, -0.25) is 9.59 Å². The second-order valence-corrected chi connectivity index (χ2v) is 6.04. The van der Waals surface area contributed by atoms with E-state index in [0.717, 1.165) is 17.3 Å². The fourth-order valence-electron chi connectivity index (χ4n) is 1.87. The summed E-state index contributed by atoms with van der Waals surface area (Å²) in [6, 6.07) is 5.07. The molecule has 2 atom stereocenters. The van der Waals surface area contributed by atoms with E-state index in [1.54, 1.807) is 18.2 Å². The molecule has 1 aromatic carbocycles. The third kappa shape index (κ3) is 4.74. The van der Waals surface area contributed by atoms with Crippen LogP contribution in [0.4, 0.5) is 0 Å². The molecule has 20 heavy (non-hydrogen) atoms. The Bertz CT molecular complexity index is 499. The van der Waals surface area contributed by atoms with Crippen molar-refractivity contribution in [3.05, 3.63) is 34.9 Å². The highest BCUT2D eigenvalue weighted by Crippen LogP contribution is 2.25. The molecule has 0 bridgehead atoms. The largest absolute Gasteiger partial charge is 0.390 e. The Balaban J connectivity index is 2.79. The van der Waals surface area contributed by atoms with Crippen LogP contribution in [-0.4, -0.2) is 33.0 Å². The number of benzene rings is 1. The average molecular weight is 296 g/mol. The number of ketones is 1. The van der Waals surface area contributed by atoms with E-state index in [1.165, 1.54) is 13.8 Å². The van der Waals surface area contributed by atoms with Gasteiger partial charge in [0.05, 0.1) is 6.10 Å². The Morgan fingerprint density at radius 2 is 1.90 bits per heavy atom. The van der Waals surface area contributed by atoms with E-state index in [4.69, 9.17) is 0 Å². The molecule has 0 spiro atoms. The van der Waals surface area contributed by atoms with Crippen molar-refractivity contribution in [3.8, 4) is 0 Å². The smallest absolute Gasteiger partial charge is 0.185 e. The van der Waals surface area contributed by atoms with Crippen LogP contribution < -0.4 is 0 Å². The molecule has 2 N–H and O–H groups in total. The molecule has 0 aliphatic carbocycles. The molecule has 0 saturated heterocycles. The number of Topliss-reactive ketones (excluding diaryl/α,β-unsaturated/α-hetero) is 1. The zero-order valence-corrected chi connectivity index (χ0v) is 12.7. The number of hydrogen-bond acceptors (Lipinski definition) is 5. The van der Waals surface area contributed by atoms with Crippen LogP contribution in [0.3, 0.4) is 0 Å². The molecule has 5 heteroatoms. The first-order chi connectivity index (χ1) is 9.32. The molecule has 2 unspecified atom stereocenters. The average Bonchev–Trinajstić information content (AvgIpc) is 2.37. The van der Waals surface area contributed by atoms with Crippen molar-refractivity contribution in [3.63, 3.8) is 0 Å². The summed E-state index contributed by atoms with van der Waals surface area (Å²) >= 11 is 1.12. The van der Waals surface area contributed by atoms with E-state index < -0.39 is 12.2 Å². The first kappa shape index (κ1) is 16.9. The molecule has 110 valence electrons. The number of aliphatic hydroxyl groups excluding tert-OH is 2. The second-order valence-electron chi connectivity index (χ2n) is 4.77. The third-order valence-electron chi connectivity index (χ3n) is 3.09. The van der Waals surface area contributed by atoms with Gasteiger partial charge in [-0.25, -0.2) is 0 Å². The number of hydrogen-bond donors (Lipinski definition) is 2. The highest BCUT2D eigenvalue weighted by Gasteiger charge is 2.21. The van der Waals surface area contributed by atoms with Crippen LogP contribution in [0.1, 0.15) is 47.9 Å². The predicted molar refractivity (Wildman–Crippen MR) is 79.9 cm³/mol. The molecule has 0 aromatic heterocycles. The second kappa shape index (κ2) is 7.57. The van der Waals surface area contributed by atoms with Crippen LogP contribution in [0, 0.1) is 6.92 Å². The van der Waals surface area contributed by atoms with Gasteiger partial charge >= 0.3 is 0 Å². The molecule has 0 fully saturated rings. The minimum atomic E-state index is -1.05. The zero-order valence-electron chi connectivity index (χ0n) is 11.9. The minimum Gasteiger partial charge on any atom is -0.390 e. The lowest BCUT2D eigenvalue weighted by molar-refractivity contribution is -0.109. The Hall–Kier alpha value is -1.17. The number of thioether (sulfide) groups is 1. The molecule has 1 aromatic rings. The predicted octanol–water partition coefficient (Wildman–Crippen LogP) is 2.26. The first-order valence-corrected chi connectivity index (χ1v) is 7.42. The topological polar surface area (TPSA) is 74.6 Å². The Labute approximate surface area is 123 Å². The van der Waals surface area contributed by atoms with Gasteiger partial charge < -0.3 is 10.2 Å². The molecule has 4 nitrogen and oxygen atoms in total. The van der Waals surface area contributed by atoms with Crippen molar-refractivity contribution in [2.45, 2.75) is 39.4 Å². The number of carbonyl (C=O) groups is 2. The van der Waals surface area contributed by atoms with Gasteiger partial charge in [0.1, 0.15) is 6.10 Å². The van der Waals surface area contributed by atoms with Crippen molar-refractivity contribution in [2.24, 2.45) is 0 Å². The van der Waals surface area contributed by atoms with E-state index in [-0.39, 0.29) is 10.9 Å². The van der Waals surface area contributed by atoms with Crippen LogP contribution in [0.2, 0.25) is 0 Å². The van der Waals surface area contributed by atoms with Gasteiger partial charge in [-0.2, -0.15) is 0 Å². The summed E-state index contributed by atoms with van der Waals surface area (Å²) in [5, 5.41) is 20.2. The summed E-state index contributed by atoms with van der Waals surface area (Å²) in [7, 11) is 0. The lowest BCUT2D eigenvalue weighted by Gasteiger charge is -2.20. The van der Waals surface area contributed by atoms with Gasteiger partial charge in [-0.1, -0.05) is 23.9 Å². The van der Waals surface area contributed by atoms with Crippen molar-refractivity contribution >= 4 is 22.7 Å². The molecular formula is C15H20O4S. The van der Waals surface area contributed by atoms with Crippen molar-refractivity contribution in [2.75, 3.05) is 5.75 Å². The molecule has 0 radical (unpaired) electrons. The van der Waals surface area contributed by atoms with Crippen LogP contribution in [0.5, 0.6) is 0 Å². The highest BCUT2D eigenvalue weighted by atomic mass is 32.2. The summed E-state index contributed by atoms with van der Waals surface area (Å²) in [6.45, 7) is 4.74. The first-order valence-electron chi connectivity index (χ1n) is 6.44. The van der Waals surface area contributed by atoms with E-state index in [2.05, 4.69) is 0 Å². The molecule has 0 heterocycles. The third-order valence-corrected chi connectivity index (χ3v) is 3.93. The quantitative estimate of drug-likeness (QED) is 0.788. The maximum absolute atomic E-state index is 11.4. The van der Waals surface area contributed by atoms with Crippen molar-refractivity contribution in [1.82, 2.24) is 0 Å². The van der Waals surface area contributed by atoms with Gasteiger partial charge in [0.25, 0.3) is 0 Å². The Morgan fingerprint density at radius 1 is 1.25 bits per heavy atom. The summed E-state index contributed by atoms with van der Waals surface area (Å²) in [5.41, 5.74) is 1.88. The summed E-state index contributed by atoms with van der Waals surface area (Å²) in [4.78, 5) is 22.2. The van der Waals surface area contributed by atoms with Crippen molar-refractivity contribution in [1.29, 1.82) is 0 Å². The molecule has 0 aliphatic heterocycles. The number of aliphatic hydroxyl groups is 2.